The smallest absolute Gasteiger partial charge is 0.264 e. The average Bonchev–Trinajstić information content (AvgIpc) is 3.02. The molecule has 0 aromatic carbocycles. The van der Waals surface area contributed by atoms with Gasteiger partial charge in [0, 0.05) is 32.1 Å². The van der Waals surface area contributed by atoms with Gasteiger partial charge in [0.25, 0.3) is 5.91 Å². The SMILES string of the molecule is CCC(CC)C(=O)N1CCN(C(=O)c2cccs2)CC1. The van der Waals surface area contributed by atoms with Crippen LogP contribution in [0.1, 0.15) is 36.4 Å². The summed E-state index contributed by atoms with van der Waals surface area (Å²) in [6, 6.07) is 3.75. The highest BCUT2D eigenvalue weighted by Gasteiger charge is 2.27. The van der Waals surface area contributed by atoms with E-state index in [9.17, 15) is 9.59 Å². The molecule has 0 unspecified atom stereocenters. The van der Waals surface area contributed by atoms with Crippen molar-refractivity contribution >= 4 is 23.2 Å². The molecule has 4 nitrogen and oxygen atoms in total. The van der Waals surface area contributed by atoms with Crippen LogP contribution in [-0.2, 0) is 4.79 Å². The monoisotopic (exact) mass is 294 g/mol. The molecule has 0 saturated carbocycles. The predicted molar refractivity (Wildman–Crippen MR) is 80.9 cm³/mol. The van der Waals surface area contributed by atoms with E-state index in [-0.39, 0.29) is 17.7 Å². The molecule has 110 valence electrons. The summed E-state index contributed by atoms with van der Waals surface area (Å²) in [5.74, 6) is 0.474. The van der Waals surface area contributed by atoms with E-state index in [0.717, 1.165) is 17.7 Å². The fourth-order valence-electron chi connectivity index (χ4n) is 2.58. The van der Waals surface area contributed by atoms with Crippen molar-refractivity contribution in [3.05, 3.63) is 22.4 Å². The van der Waals surface area contributed by atoms with Crippen LogP contribution in [0.25, 0.3) is 0 Å². The summed E-state index contributed by atoms with van der Waals surface area (Å²) in [5, 5.41) is 1.92. The largest absolute Gasteiger partial charge is 0.339 e. The zero-order chi connectivity index (χ0) is 14.5. The maximum Gasteiger partial charge on any atom is 0.264 e. The minimum atomic E-state index is 0.0923. The highest BCUT2D eigenvalue weighted by atomic mass is 32.1. The fourth-order valence-corrected chi connectivity index (χ4v) is 3.27. The first-order chi connectivity index (χ1) is 9.67. The Morgan fingerprint density at radius 2 is 1.75 bits per heavy atom. The van der Waals surface area contributed by atoms with Gasteiger partial charge in [0.05, 0.1) is 4.88 Å². The molecule has 0 radical (unpaired) electrons. The lowest BCUT2D eigenvalue weighted by molar-refractivity contribution is -0.137. The molecule has 1 saturated heterocycles. The minimum Gasteiger partial charge on any atom is -0.339 e. The predicted octanol–water partition coefficient (Wildman–Crippen LogP) is 2.47. The van der Waals surface area contributed by atoms with E-state index in [1.54, 1.807) is 0 Å². The van der Waals surface area contributed by atoms with Gasteiger partial charge in [-0.25, -0.2) is 0 Å². The van der Waals surface area contributed by atoms with E-state index in [0.29, 0.717) is 26.2 Å². The van der Waals surface area contributed by atoms with Crippen molar-refractivity contribution in [2.75, 3.05) is 26.2 Å². The lowest BCUT2D eigenvalue weighted by Crippen LogP contribution is -2.51. The molecule has 0 aliphatic carbocycles. The Hall–Kier alpha value is -1.36. The van der Waals surface area contributed by atoms with Crippen LogP contribution < -0.4 is 0 Å². The molecule has 2 amide bonds. The zero-order valence-corrected chi connectivity index (χ0v) is 13.0. The van der Waals surface area contributed by atoms with E-state index in [4.69, 9.17) is 0 Å². The molecule has 2 rings (SSSR count). The van der Waals surface area contributed by atoms with Crippen LogP contribution >= 0.6 is 11.3 Å². The van der Waals surface area contributed by atoms with Gasteiger partial charge in [-0.05, 0) is 24.3 Å². The second-order valence-electron chi connectivity index (χ2n) is 5.11. The summed E-state index contributed by atoms with van der Waals surface area (Å²) in [6.45, 7) is 6.72. The van der Waals surface area contributed by atoms with Crippen molar-refractivity contribution in [2.24, 2.45) is 5.92 Å². The van der Waals surface area contributed by atoms with Crippen molar-refractivity contribution in [1.82, 2.24) is 9.80 Å². The third-order valence-electron chi connectivity index (χ3n) is 3.95. The van der Waals surface area contributed by atoms with E-state index in [2.05, 4.69) is 13.8 Å². The molecule has 1 aromatic heterocycles. The van der Waals surface area contributed by atoms with Crippen molar-refractivity contribution in [3.63, 3.8) is 0 Å². The van der Waals surface area contributed by atoms with E-state index in [1.807, 2.05) is 27.3 Å². The van der Waals surface area contributed by atoms with Crippen molar-refractivity contribution in [1.29, 1.82) is 0 Å². The van der Waals surface area contributed by atoms with E-state index < -0.39 is 0 Å². The molecule has 0 atom stereocenters. The van der Waals surface area contributed by atoms with Crippen molar-refractivity contribution in [3.8, 4) is 0 Å². The van der Waals surface area contributed by atoms with Gasteiger partial charge in [-0.1, -0.05) is 19.9 Å². The molecule has 0 spiro atoms. The van der Waals surface area contributed by atoms with Crippen molar-refractivity contribution < 1.29 is 9.59 Å². The van der Waals surface area contributed by atoms with Crippen LogP contribution in [0.3, 0.4) is 0 Å². The topological polar surface area (TPSA) is 40.6 Å². The minimum absolute atomic E-state index is 0.0923. The quantitative estimate of drug-likeness (QED) is 0.856. The highest BCUT2D eigenvalue weighted by Crippen LogP contribution is 2.16. The lowest BCUT2D eigenvalue weighted by atomic mass is 10.0. The summed E-state index contributed by atoms with van der Waals surface area (Å²) in [6.07, 6.45) is 1.79. The summed E-state index contributed by atoms with van der Waals surface area (Å²) in [5.41, 5.74) is 0. The maximum absolute atomic E-state index is 12.3. The normalized spacial score (nSPS) is 15.8. The number of rotatable bonds is 4. The molecular formula is C15H22N2O2S. The Bertz CT molecular complexity index is 446. The molecule has 1 fully saturated rings. The summed E-state index contributed by atoms with van der Waals surface area (Å²) in [4.78, 5) is 29.1. The Kier molecular flexibility index (Phi) is 5.17. The molecule has 1 aromatic rings. The number of amides is 2. The van der Waals surface area contributed by atoms with Gasteiger partial charge in [-0.2, -0.15) is 0 Å². The zero-order valence-electron chi connectivity index (χ0n) is 12.2. The van der Waals surface area contributed by atoms with Gasteiger partial charge in [0.1, 0.15) is 0 Å². The molecule has 1 aliphatic heterocycles. The van der Waals surface area contributed by atoms with Crippen LogP contribution in [0.15, 0.2) is 17.5 Å². The first-order valence-corrected chi connectivity index (χ1v) is 8.16. The number of carbonyl (C=O) groups excluding carboxylic acids is 2. The Labute approximate surface area is 124 Å². The molecule has 20 heavy (non-hydrogen) atoms. The molecular weight excluding hydrogens is 272 g/mol. The lowest BCUT2D eigenvalue weighted by Gasteiger charge is -2.36. The number of carbonyl (C=O) groups is 2. The number of nitrogens with zero attached hydrogens (tertiary/aromatic N) is 2. The van der Waals surface area contributed by atoms with Gasteiger partial charge in [-0.15, -0.1) is 11.3 Å². The average molecular weight is 294 g/mol. The first-order valence-electron chi connectivity index (χ1n) is 7.28. The number of piperazine rings is 1. The summed E-state index contributed by atoms with van der Waals surface area (Å²) < 4.78 is 0. The Balaban J connectivity index is 1.89. The van der Waals surface area contributed by atoms with Gasteiger partial charge in [0.15, 0.2) is 0 Å². The van der Waals surface area contributed by atoms with E-state index >= 15 is 0 Å². The van der Waals surface area contributed by atoms with Gasteiger partial charge < -0.3 is 9.80 Å². The number of thiophene rings is 1. The first kappa shape index (κ1) is 15.0. The van der Waals surface area contributed by atoms with Crippen molar-refractivity contribution in [2.45, 2.75) is 26.7 Å². The maximum atomic E-state index is 12.3. The molecule has 5 heteroatoms. The van der Waals surface area contributed by atoms with Crippen LogP contribution in [-0.4, -0.2) is 47.8 Å². The second-order valence-corrected chi connectivity index (χ2v) is 6.06. The van der Waals surface area contributed by atoms with Crippen LogP contribution in [0.2, 0.25) is 0 Å². The standard InChI is InChI=1S/C15H22N2O2S/c1-3-12(4-2)14(18)16-7-9-17(10-8-16)15(19)13-6-5-11-20-13/h5-6,11-12H,3-4,7-10H2,1-2H3. The Morgan fingerprint density at radius 3 is 2.25 bits per heavy atom. The third-order valence-corrected chi connectivity index (χ3v) is 4.80. The molecule has 1 aliphatic rings. The van der Waals surface area contributed by atoms with E-state index in [1.165, 1.54) is 11.3 Å². The third kappa shape index (κ3) is 3.20. The van der Waals surface area contributed by atoms with Gasteiger partial charge >= 0.3 is 0 Å². The van der Waals surface area contributed by atoms with Gasteiger partial charge in [0.2, 0.25) is 5.91 Å². The highest BCUT2D eigenvalue weighted by molar-refractivity contribution is 7.12. The molecule has 2 heterocycles. The fraction of sp³-hybridized carbons (Fsp3) is 0.600. The number of hydrogen-bond donors (Lipinski definition) is 0. The number of hydrogen-bond acceptors (Lipinski definition) is 3. The van der Waals surface area contributed by atoms with Crippen LogP contribution in [0.4, 0.5) is 0 Å². The van der Waals surface area contributed by atoms with Gasteiger partial charge in [-0.3, -0.25) is 9.59 Å². The molecule has 0 bridgehead atoms. The molecule has 0 N–H and O–H groups in total. The Morgan fingerprint density at radius 1 is 1.15 bits per heavy atom. The summed E-state index contributed by atoms with van der Waals surface area (Å²) in [7, 11) is 0. The second kappa shape index (κ2) is 6.88. The van der Waals surface area contributed by atoms with Crippen LogP contribution in [0.5, 0.6) is 0 Å². The summed E-state index contributed by atoms with van der Waals surface area (Å²) >= 11 is 1.47. The van der Waals surface area contributed by atoms with Crippen LogP contribution in [0, 0.1) is 5.92 Å².